The number of alkyl halides is 1. The number of aromatic nitrogens is 2. The zero-order chi connectivity index (χ0) is 38.9. The number of ether oxygens (including phenoxy) is 3. The maximum Gasteiger partial charge on any atom is 0.351 e. The van der Waals surface area contributed by atoms with Crippen molar-refractivity contribution in [2.24, 2.45) is 29.1 Å². The summed E-state index contributed by atoms with van der Waals surface area (Å²) in [5.41, 5.74) is 5.48. The SMILES string of the molecule is C=C1/C(=C\C=C2/CCC[C@@]3(C)C2CCC3[C@@H](C)/C=C/C(OC(=O)CCC(=O)OCC2OC(n3ccc(N)nc3=O)C(C)(F)C2O)C2CC2)C[C@@H](O)C[C@@H]1O. The topological polar surface area (TPSA) is 183 Å². The van der Waals surface area contributed by atoms with Gasteiger partial charge in [0.25, 0.3) is 0 Å². The summed E-state index contributed by atoms with van der Waals surface area (Å²) in [6, 6.07) is 1.30. The molecule has 0 aromatic carbocycles. The van der Waals surface area contributed by atoms with Crippen LogP contribution >= 0.6 is 0 Å². The first kappa shape index (κ1) is 40.0. The van der Waals surface area contributed by atoms with Gasteiger partial charge in [-0.05, 0) is 111 Å². The molecule has 2 heterocycles. The van der Waals surface area contributed by atoms with Gasteiger partial charge in [0.05, 0.1) is 25.0 Å². The van der Waals surface area contributed by atoms with Crippen LogP contribution in [0.15, 0.2) is 64.7 Å². The van der Waals surface area contributed by atoms with Gasteiger partial charge in [0.1, 0.15) is 30.7 Å². The Hall–Kier alpha value is -3.65. The molecule has 1 saturated heterocycles. The standard InChI is InChI=1S/C41H56FN3O9/c1-23(29-12-13-30-25(6-5-18-40(29,30)3)8-11-27-20-28(46)21-31(47)24(27)2)7-14-32(26-9-10-26)53-36(49)16-15-35(48)52-22-33-37(50)41(4,42)38(54-33)45-19-17-34(43)44-39(45)51/h7-8,11,14,17,19,23,26,28-33,37-38,46-47,50H,2,5-6,9-10,12-13,15-16,18,20-22H2,1,3-4H3,(H2,43,44,51)/b14-7+,25-8+,27-11-/t23-,28+,29?,30?,31-,32?,33?,37?,38?,40+,41?/m0/s1. The number of hydrogen-bond acceptors (Lipinski definition) is 11. The molecule has 5 N–H and O–H groups in total. The molecule has 1 aromatic rings. The van der Waals surface area contributed by atoms with Crippen LogP contribution in [0.3, 0.4) is 0 Å². The van der Waals surface area contributed by atoms with Crippen LogP contribution in [-0.2, 0) is 23.8 Å². The minimum absolute atomic E-state index is 0.0462. The molecule has 5 fully saturated rings. The van der Waals surface area contributed by atoms with Crippen molar-refractivity contribution in [2.45, 2.75) is 134 Å². The molecule has 7 unspecified atom stereocenters. The minimum Gasteiger partial charge on any atom is -0.463 e. The van der Waals surface area contributed by atoms with E-state index >= 15 is 4.39 Å². The highest BCUT2D eigenvalue weighted by Gasteiger charge is 2.56. The number of halogens is 1. The smallest absolute Gasteiger partial charge is 0.351 e. The number of allylic oxidation sites excluding steroid dienone is 4. The van der Waals surface area contributed by atoms with Crippen LogP contribution in [0.1, 0.15) is 97.6 Å². The van der Waals surface area contributed by atoms with E-state index in [0.29, 0.717) is 30.3 Å². The van der Waals surface area contributed by atoms with Gasteiger partial charge < -0.3 is 35.3 Å². The summed E-state index contributed by atoms with van der Waals surface area (Å²) >= 11 is 0. The number of carbonyl (C=O) groups is 2. The number of carbonyl (C=O) groups excluding carboxylic acids is 2. The number of hydrogen-bond donors (Lipinski definition) is 4. The number of aliphatic hydroxyl groups excluding tert-OH is 3. The van der Waals surface area contributed by atoms with Crippen LogP contribution < -0.4 is 11.4 Å². The lowest BCUT2D eigenvalue weighted by atomic mass is 9.61. The molecule has 0 radical (unpaired) electrons. The summed E-state index contributed by atoms with van der Waals surface area (Å²) < 4.78 is 33.0. The van der Waals surface area contributed by atoms with E-state index in [0.717, 1.165) is 62.0 Å². The first-order valence-corrected chi connectivity index (χ1v) is 19.4. The van der Waals surface area contributed by atoms with Gasteiger partial charge in [0, 0.05) is 12.6 Å². The summed E-state index contributed by atoms with van der Waals surface area (Å²) in [4.78, 5) is 41.3. The summed E-state index contributed by atoms with van der Waals surface area (Å²) in [5.74, 6) is 0.142. The molecule has 1 aromatic heterocycles. The van der Waals surface area contributed by atoms with Gasteiger partial charge in [-0.25, -0.2) is 9.18 Å². The third kappa shape index (κ3) is 8.59. The fourth-order valence-electron chi connectivity index (χ4n) is 9.36. The monoisotopic (exact) mass is 753 g/mol. The van der Waals surface area contributed by atoms with Crippen molar-refractivity contribution in [1.29, 1.82) is 0 Å². The average Bonchev–Trinajstić information content (AvgIpc) is 3.86. The van der Waals surface area contributed by atoms with Gasteiger partial charge >= 0.3 is 17.6 Å². The lowest BCUT2D eigenvalue weighted by molar-refractivity contribution is -0.155. The number of anilines is 1. The van der Waals surface area contributed by atoms with Crippen molar-refractivity contribution in [3.05, 3.63) is 70.3 Å². The predicted molar refractivity (Wildman–Crippen MR) is 198 cm³/mol. The zero-order valence-electron chi connectivity index (χ0n) is 31.6. The van der Waals surface area contributed by atoms with E-state index in [-0.39, 0.29) is 42.0 Å². The average molecular weight is 754 g/mol. The molecule has 4 aliphatic carbocycles. The molecule has 296 valence electrons. The highest BCUT2D eigenvalue weighted by atomic mass is 19.1. The van der Waals surface area contributed by atoms with Crippen LogP contribution in [0.2, 0.25) is 0 Å². The van der Waals surface area contributed by atoms with Crippen molar-refractivity contribution < 1.29 is 43.5 Å². The lowest BCUT2D eigenvalue weighted by Gasteiger charge is -2.44. The predicted octanol–water partition coefficient (Wildman–Crippen LogP) is 4.79. The van der Waals surface area contributed by atoms with Gasteiger partial charge in [-0.15, -0.1) is 0 Å². The lowest BCUT2D eigenvalue weighted by Crippen LogP contribution is -2.43. The van der Waals surface area contributed by atoms with Crippen molar-refractivity contribution in [2.75, 3.05) is 12.3 Å². The Balaban J connectivity index is 0.990. The Labute approximate surface area is 316 Å². The van der Waals surface area contributed by atoms with E-state index in [9.17, 15) is 29.7 Å². The molecule has 13 heteroatoms. The minimum atomic E-state index is -2.39. The van der Waals surface area contributed by atoms with Gasteiger partial charge in [0.15, 0.2) is 11.9 Å². The first-order chi connectivity index (χ1) is 25.6. The Morgan fingerprint density at radius 2 is 1.89 bits per heavy atom. The molecule has 4 saturated carbocycles. The molecule has 5 aliphatic rings. The molecule has 54 heavy (non-hydrogen) atoms. The van der Waals surface area contributed by atoms with Gasteiger partial charge in [-0.1, -0.05) is 44.2 Å². The Morgan fingerprint density at radius 3 is 2.61 bits per heavy atom. The summed E-state index contributed by atoms with van der Waals surface area (Å²) in [5, 5.41) is 31.0. The highest BCUT2D eigenvalue weighted by molar-refractivity contribution is 5.77. The number of nitrogens with zero attached hydrogens (tertiary/aromatic N) is 2. The third-order valence-electron chi connectivity index (χ3n) is 12.7. The number of aliphatic hydroxyl groups is 3. The van der Waals surface area contributed by atoms with Crippen molar-refractivity contribution in [1.82, 2.24) is 9.55 Å². The Bertz CT molecular complexity index is 1730. The van der Waals surface area contributed by atoms with Gasteiger partial charge in [0.2, 0.25) is 0 Å². The van der Waals surface area contributed by atoms with Gasteiger partial charge in [-0.3, -0.25) is 14.2 Å². The number of fused-ring (bicyclic) bond motifs is 1. The van der Waals surface area contributed by atoms with E-state index < -0.39 is 60.5 Å². The van der Waals surface area contributed by atoms with Crippen LogP contribution in [0.5, 0.6) is 0 Å². The van der Waals surface area contributed by atoms with Crippen LogP contribution in [0.4, 0.5) is 10.2 Å². The maximum atomic E-state index is 15.5. The largest absolute Gasteiger partial charge is 0.463 e. The fourth-order valence-corrected chi connectivity index (χ4v) is 9.36. The quantitative estimate of drug-likeness (QED) is 0.170. The Morgan fingerprint density at radius 1 is 1.15 bits per heavy atom. The van der Waals surface area contributed by atoms with Crippen molar-refractivity contribution in [3.63, 3.8) is 0 Å². The van der Waals surface area contributed by atoms with E-state index in [4.69, 9.17) is 19.9 Å². The summed E-state index contributed by atoms with van der Waals surface area (Å²) in [7, 11) is 0. The van der Waals surface area contributed by atoms with E-state index in [1.807, 2.05) is 6.08 Å². The molecule has 11 atom stereocenters. The second kappa shape index (κ2) is 16.2. The summed E-state index contributed by atoms with van der Waals surface area (Å²) in [6.07, 6.45) is 11.5. The number of esters is 2. The van der Waals surface area contributed by atoms with Crippen LogP contribution in [0, 0.1) is 29.1 Å². The third-order valence-corrected chi connectivity index (χ3v) is 12.7. The van der Waals surface area contributed by atoms with Crippen LogP contribution in [-0.4, -0.2) is 79.6 Å². The molecule has 0 amide bonds. The maximum absolute atomic E-state index is 15.5. The van der Waals surface area contributed by atoms with Crippen LogP contribution in [0.25, 0.3) is 0 Å². The molecular formula is C41H56FN3O9. The van der Waals surface area contributed by atoms with Gasteiger partial charge in [-0.2, -0.15) is 4.98 Å². The zero-order valence-corrected chi connectivity index (χ0v) is 31.6. The normalized spacial score (nSPS) is 36.7. The number of nitrogens with two attached hydrogens (primary N) is 1. The molecule has 1 aliphatic heterocycles. The fraction of sp³-hybridized carbons (Fsp3) is 0.659. The van der Waals surface area contributed by atoms with Crippen molar-refractivity contribution in [3.8, 4) is 0 Å². The summed E-state index contributed by atoms with van der Waals surface area (Å²) in [6.45, 7) is 9.33. The number of rotatable bonds is 12. The molecule has 12 nitrogen and oxygen atoms in total. The number of nitrogen functional groups attached to an aromatic ring is 1. The van der Waals surface area contributed by atoms with E-state index in [1.165, 1.54) is 17.8 Å². The molecule has 6 rings (SSSR count). The van der Waals surface area contributed by atoms with Crippen molar-refractivity contribution >= 4 is 17.8 Å². The molecular weight excluding hydrogens is 697 g/mol. The van der Waals surface area contributed by atoms with E-state index in [2.05, 4.69) is 43.6 Å². The first-order valence-electron chi connectivity index (χ1n) is 19.4. The second-order valence-electron chi connectivity index (χ2n) is 16.5. The Kier molecular flexibility index (Phi) is 12.0. The molecule has 0 spiro atoms. The molecule has 0 bridgehead atoms. The van der Waals surface area contributed by atoms with E-state index in [1.54, 1.807) is 0 Å². The second-order valence-corrected chi connectivity index (χ2v) is 16.5. The highest BCUT2D eigenvalue weighted by Crippen LogP contribution is 2.59.